The van der Waals surface area contributed by atoms with E-state index in [0.29, 0.717) is 0 Å². The summed E-state index contributed by atoms with van der Waals surface area (Å²) in [7, 11) is 0. The molecule has 0 aliphatic carbocycles. The molecule has 0 rings (SSSR count). The van der Waals surface area contributed by atoms with E-state index in [1.807, 2.05) is 0 Å². The zero-order valence-corrected chi connectivity index (χ0v) is 5.75. The second-order valence-electron chi connectivity index (χ2n) is 1.36. The van der Waals surface area contributed by atoms with E-state index in [9.17, 15) is 9.59 Å². The van der Waals surface area contributed by atoms with Crippen molar-refractivity contribution in [3.63, 3.8) is 0 Å². The molecule has 4 nitrogen and oxygen atoms in total. The van der Waals surface area contributed by atoms with Gasteiger partial charge in [0.1, 0.15) is 0 Å². The molecule has 0 unspecified atom stereocenters. The molecule has 0 heterocycles. The highest BCUT2D eigenvalue weighted by Gasteiger charge is 2.14. The van der Waals surface area contributed by atoms with Gasteiger partial charge in [-0.2, -0.15) is 0 Å². The first-order valence-corrected chi connectivity index (χ1v) is 2.85. The molecule has 0 bridgehead atoms. The Bertz CT molecular complexity index is 114. The maximum absolute atomic E-state index is 10.4. The summed E-state index contributed by atoms with van der Waals surface area (Å²) in [6.45, 7) is 4.94. The molecular weight excluding hydrogens is 136 g/mol. The Morgan fingerprint density at radius 1 is 1.30 bits per heavy atom. The molecule has 10 heavy (non-hydrogen) atoms. The Morgan fingerprint density at radius 2 is 1.80 bits per heavy atom. The zero-order chi connectivity index (χ0) is 7.98. The van der Waals surface area contributed by atoms with Gasteiger partial charge >= 0.3 is 11.9 Å². The van der Waals surface area contributed by atoms with Crippen LogP contribution in [0.4, 0.5) is 0 Å². The Kier molecular flexibility index (Phi) is 4.28. The predicted octanol–water partition coefficient (Wildman–Crippen LogP) is -0.0732. The molecule has 0 aliphatic rings. The van der Waals surface area contributed by atoms with E-state index in [1.165, 1.54) is 0 Å². The average molecular weight is 145 g/mol. The minimum atomic E-state index is -0.989. The Balaban J connectivity index is 3.60. The van der Waals surface area contributed by atoms with Crippen molar-refractivity contribution in [1.82, 2.24) is 0 Å². The van der Waals surface area contributed by atoms with Crippen molar-refractivity contribution in [1.29, 1.82) is 0 Å². The lowest BCUT2D eigenvalue weighted by Crippen LogP contribution is -2.19. The van der Waals surface area contributed by atoms with E-state index >= 15 is 0 Å². The van der Waals surface area contributed by atoms with Gasteiger partial charge in [0, 0.05) is 0 Å². The highest BCUT2D eigenvalue weighted by Crippen LogP contribution is 1.82. The fourth-order valence-corrected chi connectivity index (χ4v) is 0.342. The van der Waals surface area contributed by atoms with Crippen LogP contribution in [0.3, 0.4) is 0 Å². The lowest BCUT2D eigenvalue weighted by molar-refractivity contribution is -0.166. The van der Waals surface area contributed by atoms with Gasteiger partial charge in [0.15, 0.2) is 0 Å². The van der Waals surface area contributed by atoms with Crippen molar-refractivity contribution in [2.75, 3.05) is 13.2 Å². The first kappa shape index (κ1) is 8.94. The van der Waals surface area contributed by atoms with Crippen LogP contribution in [0.5, 0.6) is 0 Å². The lowest BCUT2D eigenvalue weighted by atomic mass is 10.7. The number of ether oxygens (including phenoxy) is 2. The predicted molar refractivity (Wildman–Crippen MR) is 32.9 cm³/mol. The van der Waals surface area contributed by atoms with Crippen LogP contribution in [0.1, 0.15) is 6.92 Å². The van der Waals surface area contributed by atoms with Gasteiger partial charge < -0.3 is 9.47 Å². The molecule has 0 fully saturated rings. The molecule has 0 aromatic carbocycles. The quantitative estimate of drug-likeness (QED) is 0.403. The average Bonchev–Trinajstić information content (AvgIpc) is 1.89. The Morgan fingerprint density at radius 3 is 2.20 bits per heavy atom. The van der Waals surface area contributed by atoms with E-state index in [0.717, 1.165) is 0 Å². The van der Waals surface area contributed by atoms with Gasteiger partial charge in [-0.1, -0.05) is 0 Å². The summed E-state index contributed by atoms with van der Waals surface area (Å²) in [6, 6.07) is 0. The minimum absolute atomic E-state index is 0.0579. The van der Waals surface area contributed by atoms with E-state index in [2.05, 4.69) is 16.4 Å². The maximum atomic E-state index is 10.4. The van der Waals surface area contributed by atoms with Crippen LogP contribution in [-0.2, 0) is 19.1 Å². The molecule has 0 N–H and O–H groups in total. The summed E-state index contributed by atoms with van der Waals surface area (Å²) in [5.41, 5.74) is 0. The minimum Gasteiger partial charge on any atom is -0.458 e. The van der Waals surface area contributed by atoms with Crippen LogP contribution in [-0.4, -0.2) is 25.2 Å². The van der Waals surface area contributed by atoms with Crippen LogP contribution in [0.2, 0.25) is 0 Å². The molecule has 0 atom stereocenters. The molecule has 4 heteroatoms. The highest BCUT2D eigenvalue weighted by atomic mass is 16.6. The molecule has 0 aromatic heterocycles. The third-order valence-electron chi connectivity index (χ3n) is 0.675. The summed E-state index contributed by atoms with van der Waals surface area (Å²) < 4.78 is 8.55. The maximum Gasteiger partial charge on any atom is 0.417 e. The lowest BCUT2D eigenvalue weighted by Gasteiger charge is -1.99. The van der Waals surface area contributed by atoms with Gasteiger partial charge in [-0.15, -0.1) is 0 Å². The van der Waals surface area contributed by atoms with Crippen LogP contribution >= 0.6 is 0 Å². The third kappa shape index (κ3) is 3.06. The first-order valence-electron chi connectivity index (χ1n) is 2.85. The monoisotopic (exact) mass is 145 g/mol. The van der Waals surface area contributed by atoms with E-state index < -0.39 is 11.9 Å². The van der Waals surface area contributed by atoms with Crippen molar-refractivity contribution in [3.8, 4) is 0 Å². The number of carbonyl (C=O) groups excluding carboxylic acids is 2. The fraction of sp³-hybridized carbons (Fsp3) is 0.500. The molecule has 0 aliphatic heterocycles. The second kappa shape index (κ2) is 4.78. The molecule has 0 amide bonds. The van der Waals surface area contributed by atoms with Gasteiger partial charge in [0.05, 0.1) is 13.2 Å². The molecule has 0 saturated heterocycles. The Labute approximate surface area is 59.1 Å². The van der Waals surface area contributed by atoms with Gasteiger partial charge in [-0.3, -0.25) is 0 Å². The molecule has 1 radical (unpaired) electrons. The van der Waals surface area contributed by atoms with Crippen molar-refractivity contribution in [2.45, 2.75) is 6.92 Å². The standard InChI is InChI=1S/C6H9O4/c1-3-9-5(7)6(8)10-4-2/h1,3-4H2,2H3. The Hall–Kier alpha value is -1.06. The van der Waals surface area contributed by atoms with Crippen LogP contribution in [0.15, 0.2) is 0 Å². The van der Waals surface area contributed by atoms with E-state index in [1.54, 1.807) is 6.92 Å². The fourth-order valence-electron chi connectivity index (χ4n) is 0.342. The van der Waals surface area contributed by atoms with Crippen LogP contribution in [0.25, 0.3) is 0 Å². The number of carbonyl (C=O) groups is 2. The number of rotatable bonds is 2. The third-order valence-corrected chi connectivity index (χ3v) is 0.675. The van der Waals surface area contributed by atoms with Gasteiger partial charge in [-0.05, 0) is 13.8 Å². The zero-order valence-electron chi connectivity index (χ0n) is 5.75. The molecule has 0 spiro atoms. The van der Waals surface area contributed by atoms with Crippen molar-refractivity contribution in [3.05, 3.63) is 6.92 Å². The van der Waals surface area contributed by atoms with Gasteiger partial charge in [-0.25, -0.2) is 9.59 Å². The van der Waals surface area contributed by atoms with Crippen LogP contribution in [0, 0.1) is 6.92 Å². The molecular formula is C6H9O4. The number of esters is 2. The molecule has 0 aromatic rings. The summed E-state index contributed by atoms with van der Waals surface area (Å²) in [5, 5.41) is 0. The normalized spacial score (nSPS) is 8.60. The molecule has 57 valence electrons. The van der Waals surface area contributed by atoms with E-state index in [4.69, 9.17) is 0 Å². The topological polar surface area (TPSA) is 52.6 Å². The SMILES string of the molecule is [CH2]COC(=O)C(=O)OCC. The number of hydrogen-bond acceptors (Lipinski definition) is 4. The highest BCUT2D eigenvalue weighted by molar-refractivity contribution is 6.29. The summed E-state index contributed by atoms with van der Waals surface area (Å²) in [4.78, 5) is 20.8. The van der Waals surface area contributed by atoms with Crippen molar-refractivity contribution in [2.24, 2.45) is 0 Å². The first-order chi connectivity index (χ1) is 4.72. The van der Waals surface area contributed by atoms with Gasteiger partial charge in [0.25, 0.3) is 0 Å². The van der Waals surface area contributed by atoms with Gasteiger partial charge in [0.2, 0.25) is 0 Å². The van der Waals surface area contributed by atoms with Crippen LogP contribution < -0.4 is 0 Å². The molecule has 0 saturated carbocycles. The summed E-state index contributed by atoms with van der Waals surface area (Å²) in [5.74, 6) is -1.96. The van der Waals surface area contributed by atoms with Crippen molar-refractivity contribution >= 4 is 11.9 Å². The largest absolute Gasteiger partial charge is 0.458 e. The summed E-state index contributed by atoms with van der Waals surface area (Å²) in [6.07, 6.45) is 0. The van der Waals surface area contributed by atoms with E-state index in [-0.39, 0.29) is 13.2 Å². The second-order valence-corrected chi connectivity index (χ2v) is 1.36. The van der Waals surface area contributed by atoms with Crippen molar-refractivity contribution < 1.29 is 19.1 Å². The number of hydrogen-bond donors (Lipinski definition) is 0. The smallest absolute Gasteiger partial charge is 0.417 e. The summed E-state index contributed by atoms with van der Waals surface area (Å²) >= 11 is 0.